The first kappa shape index (κ1) is 22.5. The summed E-state index contributed by atoms with van der Waals surface area (Å²) >= 11 is 0. The number of hydrogen-bond donors (Lipinski definition) is 3. The largest absolute Gasteiger partial charge is 0.480 e. The number of unbranched alkanes of at least 4 members (excludes halogenated alkanes) is 2. The lowest BCUT2D eigenvalue weighted by Gasteiger charge is -2.43. The van der Waals surface area contributed by atoms with Crippen molar-refractivity contribution >= 4 is 17.9 Å². The van der Waals surface area contributed by atoms with Gasteiger partial charge in [-0.05, 0) is 38.6 Å². The number of carbonyl (C=O) groups excluding carboxylic acids is 2. The lowest BCUT2D eigenvalue weighted by Crippen LogP contribution is -2.57. The maximum Gasteiger partial charge on any atom is 0.317 e. The van der Waals surface area contributed by atoms with Gasteiger partial charge in [0.2, 0.25) is 5.91 Å². The summed E-state index contributed by atoms with van der Waals surface area (Å²) in [6, 6.07) is 0.278. The summed E-state index contributed by atoms with van der Waals surface area (Å²) in [4.78, 5) is 39.3. The molecule has 1 saturated carbocycles. The fourth-order valence-corrected chi connectivity index (χ4v) is 4.02. The third-order valence-corrected chi connectivity index (χ3v) is 5.93. The summed E-state index contributed by atoms with van der Waals surface area (Å²) in [6.45, 7) is 6.81. The van der Waals surface area contributed by atoms with Crippen LogP contribution in [0.3, 0.4) is 0 Å². The van der Waals surface area contributed by atoms with Crippen LogP contribution in [0.2, 0.25) is 0 Å². The van der Waals surface area contributed by atoms with E-state index in [1.807, 2.05) is 11.8 Å². The first-order valence-corrected chi connectivity index (χ1v) is 10.7. The van der Waals surface area contributed by atoms with E-state index in [2.05, 4.69) is 17.6 Å². The van der Waals surface area contributed by atoms with Gasteiger partial charge in [-0.25, -0.2) is 4.79 Å². The van der Waals surface area contributed by atoms with Gasteiger partial charge in [0.15, 0.2) is 0 Å². The Labute approximate surface area is 168 Å². The minimum Gasteiger partial charge on any atom is -0.480 e. The number of likely N-dealkylation sites (N-methyl/N-ethyl adjacent to an activating group) is 1. The second-order valence-corrected chi connectivity index (χ2v) is 7.99. The molecule has 1 saturated heterocycles. The monoisotopic (exact) mass is 396 g/mol. The highest BCUT2D eigenvalue weighted by atomic mass is 16.4. The van der Waals surface area contributed by atoms with Gasteiger partial charge in [0.25, 0.3) is 0 Å². The summed E-state index contributed by atoms with van der Waals surface area (Å²) in [6.07, 6.45) is 6.31. The summed E-state index contributed by atoms with van der Waals surface area (Å²) in [5.41, 5.74) is 0. The van der Waals surface area contributed by atoms with Gasteiger partial charge in [-0.1, -0.05) is 26.7 Å². The maximum atomic E-state index is 12.5. The molecule has 2 fully saturated rings. The van der Waals surface area contributed by atoms with Crippen LogP contribution in [0.4, 0.5) is 4.79 Å². The Kier molecular flexibility index (Phi) is 9.02. The Bertz CT molecular complexity index is 528. The molecule has 8 nitrogen and oxygen atoms in total. The number of rotatable bonds is 10. The second-order valence-electron chi connectivity index (χ2n) is 7.99. The first-order valence-electron chi connectivity index (χ1n) is 10.7. The fraction of sp³-hybridized carbons (Fsp3) is 0.850. The number of likely N-dealkylation sites (tertiary alicyclic amines) is 1. The highest BCUT2D eigenvalue weighted by Crippen LogP contribution is 2.26. The van der Waals surface area contributed by atoms with Crippen molar-refractivity contribution in [3.63, 3.8) is 0 Å². The van der Waals surface area contributed by atoms with Gasteiger partial charge in [-0.3, -0.25) is 14.5 Å². The predicted octanol–water partition coefficient (Wildman–Crippen LogP) is 1.65. The molecule has 160 valence electrons. The van der Waals surface area contributed by atoms with E-state index in [4.69, 9.17) is 5.11 Å². The number of carboxylic acid groups (broad SMARTS) is 1. The van der Waals surface area contributed by atoms with Crippen LogP contribution in [-0.4, -0.2) is 77.6 Å². The highest BCUT2D eigenvalue weighted by molar-refractivity contribution is 5.79. The van der Waals surface area contributed by atoms with Crippen molar-refractivity contribution in [2.24, 2.45) is 5.92 Å². The number of piperidine rings is 1. The number of nitrogens with zero attached hydrogens (tertiary/aromatic N) is 2. The molecule has 3 N–H and O–H groups in total. The summed E-state index contributed by atoms with van der Waals surface area (Å²) < 4.78 is 0. The van der Waals surface area contributed by atoms with Gasteiger partial charge in [0.05, 0.1) is 6.54 Å². The molecular formula is C20H36N4O4. The van der Waals surface area contributed by atoms with Crippen LogP contribution >= 0.6 is 0 Å². The molecule has 0 unspecified atom stereocenters. The number of urea groups is 1. The van der Waals surface area contributed by atoms with Gasteiger partial charge in [0, 0.05) is 37.6 Å². The minimum atomic E-state index is -0.813. The van der Waals surface area contributed by atoms with Crippen molar-refractivity contribution in [3.8, 4) is 0 Å². The van der Waals surface area contributed by atoms with E-state index in [1.54, 1.807) is 4.90 Å². The fourth-order valence-electron chi connectivity index (χ4n) is 4.02. The molecule has 0 radical (unpaired) electrons. The van der Waals surface area contributed by atoms with Crippen LogP contribution in [0.25, 0.3) is 0 Å². The molecule has 1 aliphatic carbocycles. The van der Waals surface area contributed by atoms with Gasteiger partial charge >= 0.3 is 12.0 Å². The molecule has 1 aliphatic heterocycles. The highest BCUT2D eigenvalue weighted by Gasteiger charge is 2.36. The second kappa shape index (κ2) is 11.2. The van der Waals surface area contributed by atoms with Crippen LogP contribution in [0.1, 0.15) is 58.8 Å². The number of nitrogens with one attached hydrogen (secondary N) is 2. The Balaban J connectivity index is 1.64. The molecule has 0 bridgehead atoms. The Morgan fingerprint density at radius 2 is 1.79 bits per heavy atom. The quantitative estimate of drug-likeness (QED) is 0.488. The number of amides is 3. The van der Waals surface area contributed by atoms with Gasteiger partial charge < -0.3 is 20.6 Å². The van der Waals surface area contributed by atoms with Crippen LogP contribution < -0.4 is 10.6 Å². The molecule has 0 aromatic heterocycles. The molecule has 0 atom stereocenters. The maximum absolute atomic E-state index is 12.5. The number of aliphatic carboxylic acids is 1. The zero-order valence-electron chi connectivity index (χ0n) is 17.3. The molecule has 0 aromatic carbocycles. The summed E-state index contributed by atoms with van der Waals surface area (Å²) in [5.74, 6) is -0.685. The number of carboxylic acids is 1. The van der Waals surface area contributed by atoms with E-state index in [0.29, 0.717) is 32.5 Å². The topological polar surface area (TPSA) is 102 Å². The lowest BCUT2D eigenvalue weighted by molar-refractivity contribution is -0.139. The van der Waals surface area contributed by atoms with E-state index in [9.17, 15) is 14.4 Å². The van der Waals surface area contributed by atoms with Crippen LogP contribution in [0, 0.1) is 5.92 Å². The molecule has 1 heterocycles. The zero-order valence-corrected chi connectivity index (χ0v) is 17.3. The normalized spacial score (nSPS) is 22.6. The van der Waals surface area contributed by atoms with Crippen molar-refractivity contribution in [1.29, 1.82) is 0 Å². The molecule has 0 spiro atoms. The average Bonchev–Trinajstić information content (AvgIpc) is 2.65. The van der Waals surface area contributed by atoms with Gasteiger partial charge in [-0.2, -0.15) is 0 Å². The zero-order chi connectivity index (χ0) is 20.5. The van der Waals surface area contributed by atoms with E-state index < -0.39 is 5.97 Å². The SMILES string of the molecule is CCCCCNC(=O)C1CCN(C(=O)NC2CC(N(CC)CC(=O)O)C2)CC1. The molecular weight excluding hydrogens is 360 g/mol. The Morgan fingerprint density at radius 3 is 2.36 bits per heavy atom. The van der Waals surface area contributed by atoms with Crippen molar-refractivity contribution in [2.45, 2.75) is 70.9 Å². The van der Waals surface area contributed by atoms with Crippen molar-refractivity contribution in [1.82, 2.24) is 20.4 Å². The van der Waals surface area contributed by atoms with Crippen LogP contribution in [0.15, 0.2) is 0 Å². The van der Waals surface area contributed by atoms with Gasteiger partial charge in [-0.15, -0.1) is 0 Å². The third kappa shape index (κ3) is 6.65. The minimum absolute atomic E-state index is 0.00731. The third-order valence-electron chi connectivity index (χ3n) is 5.93. The van der Waals surface area contributed by atoms with Gasteiger partial charge in [0.1, 0.15) is 0 Å². The number of hydrogen-bond acceptors (Lipinski definition) is 4. The smallest absolute Gasteiger partial charge is 0.317 e. The molecule has 28 heavy (non-hydrogen) atoms. The molecule has 0 aromatic rings. The predicted molar refractivity (Wildman–Crippen MR) is 107 cm³/mol. The van der Waals surface area contributed by atoms with Crippen LogP contribution in [-0.2, 0) is 9.59 Å². The first-order chi connectivity index (χ1) is 13.4. The van der Waals surface area contributed by atoms with E-state index >= 15 is 0 Å². The van der Waals surface area contributed by atoms with E-state index in [0.717, 1.165) is 38.6 Å². The van der Waals surface area contributed by atoms with E-state index in [1.165, 1.54) is 0 Å². The van der Waals surface area contributed by atoms with E-state index in [-0.39, 0.29) is 36.5 Å². The average molecular weight is 397 g/mol. The standard InChI is InChI=1S/C20H36N4O4/c1-3-5-6-9-21-19(27)15-7-10-24(11-8-15)20(28)22-16-12-17(13-16)23(4-2)14-18(25)26/h15-17H,3-14H2,1-2H3,(H,21,27)(H,22,28)(H,25,26). The molecule has 8 heteroatoms. The molecule has 2 rings (SSSR count). The summed E-state index contributed by atoms with van der Waals surface area (Å²) in [7, 11) is 0. The molecule has 2 aliphatic rings. The number of carbonyl (C=O) groups is 3. The van der Waals surface area contributed by atoms with Crippen molar-refractivity contribution in [3.05, 3.63) is 0 Å². The Morgan fingerprint density at radius 1 is 1.11 bits per heavy atom. The Hall–Kier alpha value is -1.83. The summed E-state index contributed by atoms with van der Waals surface area (Å²) in [5, 5.41) is 15.0. The lowest BCUT2D eigenvalue weighted by atomic mass is 9.85. The van der Waals surface area contributed by atoms with Crippen molar-refractivity contribution in [2.75, 3.05) is 32.7 Å². The molecule has 3 amide bonds. The van der Waals surface area contributed by atoms with Crippen LogP contribution in [0.5, 0.6) is 0 Å². The van der Waals surface area contributed by atoms with Crippen molar-refractivity contribution < 1.29 is 19.5 Å².